The fourth-order valence-corrected chi connectivity index (χ4v) is 3.56. The second kappa shape index (κ2) is 7.94. The Bertz CT molecular complexity index is 1210. The molecular weight excluding hydrogens is 386 g/mol. The van der Waals surface area contributed by atoms with E-state index in [1.165, 1.54) is 0 Å². The lowest BCUT2D eigenvalue weighted by atomic mass is 10.0. The van der Waals surface area contributed by atoms with Crippen molar-refractivity contribution >= 4 is 34.3 Å². The average Bonchev–Trinajstić information content (AvgIpc) is 3.14. The van der Waals surface area contributed by atoms with Gasteiger partial charge >= 0.3 is 5.97 Å². The largest absolute Gasteiger partial charge is 0.462 e. The molecular formula is C24H18ClNO3. The molecule has 0 N–H and O–H groups in total. The van der Waals surface area contributed by atoms with E-state index in [4.69, 9.17) is 16.3 Å². The van der Waals surface area contributed by atoms with Crippen LogP contribution in [0.4, 0.5) is 0 Å². The van der Waals surface area contributed by atoms with Crippen molar-refractivity contribution < 1.29 is 14.3 Å². The van der Waals surface area contributed by atoms with Gasteiger partial charge in [-0.3, -0.25) is 4.79 Å². The maximum atomic E-state index is 13.2. The van der Waals surface area contributed by atoms with Crippen LogP contribution in [0.5, 0.6) is 0 Å². The predicted molar refractivity (Wildman–Crippen MR) is 114 cm³/mol. The number of carbonyl (C=O) groups excluding carboxylic acids is 2. The summed E-state index contributed by atoms with van der Waals surface area (Å²) >= 11 is 6.25. The number of ether oxygens (including phenoxy) is 1. The Hall–Kier alpha value is -3.37. The summed E-state index contributed by atoms with van der Waals surface area (Å²) in [6.07, 6.45) is 1.82. The molecule has 5 heteroatoms. The quantitative estimate of drug-likeness (QED) is 0.317. The van der Waals surface area contributed by atoms with Crippen LogP contribution in [0.1, 0.15) is 33.2 Å². The molecule has 0 radical (unpaired) electrons. The highest BCUT2D eigenvalue weighted by atomic mass is 35.5. The van der Waals surface area contributed by atoms with Crippen LogP contribution >= 0.6 is 11.6 Å². The number of aromatic nitrogens is 1. The Kier molecular flexibility index (Phi) is 5.19. The van der Waals surface area contributed by atoms with E-state index in [-0.39, 0.29) is 11.8 Å². The van der Waals surface area contributed by atoms with Crippen LogP contribution in [-0.2, 0) is 4.74 Å². The van der Waals surface area contributed by atoms with Crippen molar-refractivity contribution in [2.75, 3.05) is 6.61 Å². The summed E-state index contributed by atoms with van der Waals surface area (Å²) in [5.41, 5.74) is 3.26. The molecule has 0 aliphatic rings. The predicted octanol–water partition coefficient (Wildman–Crippen LogP) is 5.69. The highest BCUT2D eigenvalue weighted by Gasteiger charge is 2.19. The summed E-state index contributed by atoms with van der Waals surface area (Å²) in [5.74, 6) is -0.486. The zero-order valence-corrected chi connectivity index (χ0v) is 16.5. The summed E-state index contributed by atoms with van der Waals surface area (Å²) in [6, 6.07) is 21.9. The third kappa shape index (κ3) is 3.55. The SMILES string of the molecule is CCOC(=O)c1ccc(-n2cc(C(=O)c3ccccc3Cl)c3ccccc32)cc1. The van der Waals surface area contributed by atoms with Crippen molar-refractivity contribution in [1.82, 2.24) is 4.57 Å². The van der Waals surface area contributed by atoms with Crippen LogP contribution in [-0.4, -0.2) is 22.9 Å². The van der Waals surface area contributed by atoms with Gasteiger partial charge in [-0.25, -0.2) is 4.79 Å². The molecule has 0 aliphatic heterocycles. The summed E-state index contributed by atoms with van der Waals surface area (Å²) in [4.78, 5) is 25.1. The van der Waals surface area contributed by atoms with E-state index >= 15 is 0 Å². The molecule has 1 heterocycles. The molecule has 3 aromatic carbocycles. The van der Waals surface area contributed by atoms with Gasteiger partial charge in [0.15, 0.2) is 5.78 Å². The zero-order chi connectivity index (χ0) is 20.4. The summed E-state index contributed by atoms with van der Waals surface area (Å²) in [5, 5.41) is 1.26. The molecule has 0 atom stereocenters. The van der Waals surface area contributed by atoms with Crippen LogP contribution in [0.25, 0.3) is 16.6 Å². The molecule has 1 aromatic heterocycles. The number of rotatable bonds is 5. The molecule has 0 saturated carbocycles. The van der Waals surface area contributed by atoms with E-state index in [0.29, 0.717) is 28.3 Å². The van der Waals surface area contributed by atoms with Gasteiger partial charge < -0.3 is 9.30 Å². The first-order valence-corrected chi connectivity index (χ1v) is 9.65. The number of para-hydroxylation sites is 1. The number of fused-ring (bicyclic) bond motifs is 1. The first kappa shape index (κ1) is 19.0. The molecule has 0 unspecified atom stereocenters. The van der Waals surface area contributed by atoms with Gasteiger partial charge in [0.2, 0.25) is 0 Å². The fraction of sp³-hybridized carbons (Fsp3) is 0.0833. The van der Waals surface area contributed by atoms with Crippen molar-refractivity contribution in [3.63, 3.8) is 0 Å². The van der Waals surface area contributed by atoms with E-state index < -0.39 is 0 Å². The number of ketones is 1. The lowest BCUT2D eigenvalue weighted by Crippen LogP contribution is -2.04. The van der Waals surface area contributed by atoms with Crippen LogP contribution < -0.4 is 0 Å². The number of halogens is 1. The Morgan fingerprint density at radius 1 is 0.897 bits per heavy atom. The molecule has 0 spiro atoms. The van der Waals surface area contributed by atoms with Crippen molar-refractivity contribution in [2.45, 2.75) is 6.92 Å². The number of esters is 1. The van der Waals surface area contributed by atoms with Gasteiger partial charge in [-0.1, -0.05) is 41.9 Å². The van der Waals surface area contributed by atoms with Crippen molar-refractivity contribution in [1.29, 1.82) is 0 Å². The van der Waals surface area contributed by atoms with E-state index in [1.54, 1.807) is 43.3 Å². The first-order valence-electron chi connectivity index (χ1n) is 9.27. The van der Waals surface area contributed by atoms with Crippen LogP contribution in [0, 0.1) is 0 Å². The van der Waals surface area contributed by atoms with E-state index in [1.807, 2.05) is 47.2 Å². The first-order chi connectivity index (χ1) is 14.1. The molecule has 0 aliphatic carbocycles. The smallest absolute Gasteiger partial charge is 0.338 e. The highest BCUT2D eigenvalue weighted by molar-refractivity contribution is 6.35. The van der Waals surface area contributed by atoms with Gasteiger partial charge in [0.1, 0.15) is 0 Å². The molecule has 4 nitrogen and oxygen atoms in total. The second-order valence-corrected chi connectivity index (χ2v) is 6.91. The maximum absolute atomic E-state index is 13.2. The van der Waals surface area contributed by atoms with Gasteiger partial charge in [0.05, 0.1) is 22.7 Å². The standard InChI is InChI=1S/C24H18ClNO3/c1-2-29-24(28)16-11-13-17(14-12-16)26-15-20(18-7-4-6-10-22(18)26)23(27)19-8-3-5-9-21(19)25/h3-15H,2H2,1H3. The number of nitrogens with zero attached hydrogens (tertiary/aromatic N) is 1. The van der Waals surface area contributed by atoms with Crippen molar-refractivity contribution in [3.05, 3.63) is 101 Å². The van der Waals surface area contributed by atoms with Crippen molar-refractivity contribution in [3.8, 4) is 5.69 Å². The van der Waals surface area contributed by atoms with E-state index in [9.17, 15) is 9.59 Å². The third-order valence-electron chi connectivity index (χ3n) is 4.73. The average molecular weight is 404 g/mol. The Labute approximate surface area is 173 Å². The minimum absolute atomic E-state index is 0.131. The second-order valence-electron chi connectivity index (χ2n) is 6.51. The van der Waals surface area contributed by atoms with Crippen LogP contribution in [0.3, 0.4) is 0 Å². The summed E-state index contributed by atoms with van der Waals surface area (Å²) in [7, 11) is 0. The molecule has 0 fully saturated rings. The normalized spacial score (nSPS) is 10.8. The monoisotopic (exact) mass is 403 g/mol. The third-order valence-corrected chi connectivity index (χ3v) is 5.06. The van der Waals surface area contributed by atoms with E-state index in [0.717, 1.165) is 16.6 Å². The number of hydrogen-bond acceptors (Lipinski definition) is 3. The Balaban J connectivity index is 1.80. The molecule has 4 rings (SSSR count). The molecule has 0 saturated heterocycles. The summed E-state index contributed by atoms with van der Waals surface area (Å²) < 4.78 is 6.98. The van der Waals surface area contributed by atoms with Gasteiger partial charge in [-0.15, -0.1) is 0 Å². The van der Waals surface area contributed by atoms with Gasteiger partial charge in [0.25, 0.3) is 0 Å². The highest BCUT2D eigenvalue weighted by Crippen LogP contribution is 2.29. The molecule has 29 heavy (non-hydrogen) atoms. The minimum atomic E-state index is -0.356. The van der Waals surface area contributed by atoms with E-state index in [2.05, 4.69) is 0 Å². The molecule has 4 aromatic rings. The lowest BCUT2D eigenvalue weighted by Gasteiger charge is -2.07. The number of hydrogen-bond donors (Lipinski definition) is 0. The lowest BCUT2D eigenvalue weighted by molar-refractivity contribution is 0.0526. The Morgan fingerprint density at radius 2 is 1.59 bits per heavy atom. The van der Waals surface area contributed by atoms with Crippen molar-refractivity contribution in [2.24, 2.45) is 0 Å². The zero-order valence-electron chi connectivity index (χ0n) is 15.8. The molecule has 144 valence electrons. The Morgan fingerprint density at radius 3 is 2.31 bits per heavy atom. The molecule has 0 bridgehead atoms. The van der Waals surface area contributed by atoms with Crippen LogP contribution in [0.2, 0.25) is 5.02 Å². The minimum Gasteiger partial charge on any atom is -0.462 e. The number of benzene rings is 3. The van der Waals surface area contributed by atoms with Crippen LogP contribution in [0.15, 0.2) is 79.0 Å². The topological polar surface area (TPSA) is 48.3 Å². The van der Waals surface area contributed by atoms with Gasteiger partial charge in [-0.05, 0) is 49.4 Å². The van der Waals surface area contributed by atoms with Gasteiger partial charge in [-0.2, -0.15) is 0 Å². The fourth-order valence-electron chi connectivity index (χ4n) is 3.34. The maximum Gasteiger partial charge on any atom is 0.338 e. The molecule has 0 amide bonds. The number of carbonyl (C=O) groups is 2. The summed E-state index contributed by atoms with van der Waals surface area (Å²) in [6.45, 7) is 2.10. The van der Waals surface area contributed by atoms with Gasteiger partial charge in [0, 0.05) is 28.4 Å².